The number of furan rings is 1. The van der Waals surface area contributed by atoms with E-state index in [0.29, 0.717) is 24.8 Å². The highest BCUT2D eigenvalue weighted by molar-refractivity contribution is 5.92. The number of likely N-dealkylation sites (tertiary alicyclic amines) is 1. The van der Waals surface area contributed by atoms with Crippen LogP contribution >= 0.6 is 0 Å². The molecule has 22 heavy (non-hydrogen) atoms. The largest absolute Gasteiger partial charge is 0.459 e. The van der Waals surface area contributed by atoms with Gasteiger partial charge in [0.25, 0.3) is 5.91 Å². The molecular formula is C17H24N2O3. The fraction of sp³-hybridized carbons (Fsp3) is 0.647. The van der Waals surface area contributed by atoms with Crippen molar-refractivity contribution in [2.75, 3.05) is 20.1 Å². The van der Waals surface area contributed by atoms with Crippen molar-refractivity contribution in [3.8, 4) is 0 Å². The predicted molar refractivity (Wildman–Crippen MR) is 82.5 cm³/mol. The SMILES string of the molecule is Cc1ccoc1C(=O)N(C)C[C@H]1CC(=O)N(C2CCCC2)C1. The maximum absolute atomic E-state index is 12.4. The Morgan fingerprint density at radius 2 is 2.14 bits per heavy atom. The molecule has 1 aliphatic heterocycles. The summed E-state index contributed by atoms with van der Waals surface area (Å²) in [6.07, 6.45) is 6.84. The summed E-state index contributed by atoms with van der Waals surface area (Å²) in [5.74, 6) is 0.790. The topological polar surface area (TPSA) is 53.8 Å². The molecule has 1 aliphatic carbocycles. The molecule has 0 unspecified atom stereocenters. The first-order valence-corrected chi connectivity index (χ1v) is 8.15. The van der Waals surface area contributed by atoms with E-state index >= 15 is 0 Å². The van der Waals surface area contributed by atoms with Gasteiger partial charge in [0.15, 0.2) is 5.76 Å². The fourth-order valence-corrected chi connectivity index (χ4v) is 3.74. The van der Waals surface area contributed by atoms with Crippen molar-refractivity contribution in [3.05, 3.63) is 23.7 Å². The van der Waals surface area contributed by atoms with Crippen LogP contribution < -0.4 is 0 Å². The summed E-state index contributed by atoms with van der Waals surface area (Å²) in [6, 6.07) is 2.23. The van der Waals surface area contributed by atoms with Crippen LogP contribution in [0.3, 0.4) is 0 Å². The third kappa shape index (κ3) is 2.89. The highest BCUT2D eigenvalue weighted by Crippen LogP contribution is 2.29. The fourth-order valence-electron chi connectivity index (χ4n) is 3.74. The van der Waals surface area contributed by atoms with Crippen LogP contribution in [0.1, 0.15) is 48.2 Å². The zero-order valence-electron chi connectivity index (χ0n) is 13.4. The smallest absolute Gasteiger partial charge is 0.289 e. The van der Waals surface area contributed by atoms with Crippen molar-refractivity contribution in [2.24, 2.45) is 5.92 Å². The Bertz CT molecular complexity index is 560. The molecule has 120 valence electrons. The molecule has 1 aromatic heterocycles. The van der Waals surface area contributed by atoms with Crippen LogP contribution in [-0.2, 0) is 4.79 Å². The van der Waals surface area contributed by atoms with E-state index in [1.54, 1.807) is 18.0 Å². The number of aryl methyl sites for hydroxylation is 1. The lowest BCUT2D eigenvalue weighted by atomic mass is 10.1. The van der Waals surface area contributed by atoms with E-state index in [0.717, 1.165) is 24.9 Å². The van der Waals surface area contributed by atoms with Crippen molar-refractivity contribution in [1.82, 2.24) is 9.80 Å². The second kappa shape index (κ2) is 6.15. The molecule has 0 N–H and O–H groups in total. The van der Waals surface area contributed by atoms with Gasteiger partial charge < -0.3 is 14.2 Å². The van der Waals surface area contributed by atoms with Crippen LogP contribution in [0.5, 0.6) is 0 Å². The first kappa shape index (κ1) is 15.1. The third-order valence-corrected chi connectivity index (χ3v) is 4.94. The van der Waals surface area contributed by atoms with Gasteiger partial charge in [-0.05, 0) is 25.8 Å². The van der Waals surface area contributed by atoms with Crippen LogP contribution in [0.2, 0.25) is 0 Å². The van der Waals surface area contributed by atoms with Gasteiger partial charge in [0, 0.05) is 44.1 Å². The minimum Gasteiger partial charge on any atom is -0.459 e. The first-order valence-electron chi connectivity index (χ1n) is 8.15. The molecule has 2 fully saturated rings. The molecule has 1 atom stereocenters. The van der Waals surface area contributed by atoms with Gasteiger partial charge in [-0.25, -0.2) is 0 Å². The zero-order chi connectivity index (χ0) is 15.7. The lowest BCUT2D eigenvalue weighted by molar-refractivity contribution is -0.129. The van der Waals surface area contributed by atoms with Gasteiger partial charge in [-0.15, -0.1) is 0 Å². The maximum atomic E-state index is 12.4. The Morgan fingerprint density at radius 3 is 2.77 bits per heavy atom. The summed E-state index contributed by atoms with van der Waals surface area (Å²) < 4.78 is 5.27. The minimum absolute atomic E-state index is 0.103. The average molecular weight is 304 g/mol. The second-order valence-corrected chi connectivity index (χ2v) is 6.67. The van der Waals surface area contributed by atoms with Crippen LogP contribution in [0, 0.1) is 12.8 Å². The Balaban J connectivity index is 1.58. The second-order valence-electron chi connectivity index (χ2n) is 6.67. The quantitative estimate of drug-likeness (QED) is 0.858. The molecule has 2 heterocycles. The molecule has 3 rings (SSSR count). The van der Waals surface area contributed by atoms with Crippen molar-refractivity contribution in [3.63, 3.8) is 0 Å². The van der Waals surface area contributed by atoms with Crippen LogP contribution in [0.15, 0.2) is 16.7 Å². The van der Waals surface area contributed by atoms with E-state index < -0.39 is 0 Å². The number of carbonyl (C=O) groups excluding carboxylic acids is 2. The van der Waals surface area contributed by atoms with Crippen molar-refractivity contribution < 1.29 is 14.0 Å². The Morgan fingerprint density at radius 1 is 1.41 bits per heavy atom. The molecule has 1 aromatic rings. The monoisotopic (exact) mass is 304 g/mol. The zero-order valence-corrected chi connectivity index (χ0v) is 13.4. The number of hydrogen-bond donors (Lipinski definition) is 0. The number of hydrogen-bond acceptors (Lipinski definition) is 3. The molecule has 2 amide bonds. The molecule has 0 spiro atoms. The van der Waals surface area contributed by atoms with Crippen molar-refractivity contribution in [2.45, 2.75) is 45.1 Å². The van der Waals surface area contributed by atoms with Crippen LogP contribution in [0.25, 0.3) is 0 Å². The molecule has 0 aromatic carbocycles. The molecule has 5 nitrogen and oxygen atoms in total. The van der Waals surface area contributed by atoms with Gasteiger partial charge >= 0.3 is 0 Å². The molecular weight excluding hydrogens is 280 g/mol. The van der Waals surface area contributed by atoms with Crippen LogP contribution in [-0.4, -0.2) is 47.8 Å². The normalized spacial score (nSPS) is 22.5. The van der Waals surface area contributed by atoms with Crippen molar-refractivity contribution in [1.29, 1.82) is 0 Å². The predicted octanol–water partition coefficient (Wildman–Crippen LogP) is 2.45. The highest BCUT2D eigenvalue weighted by Gasteiger charge is 2.36. The number of amides is 2. The molecule has 5 heteroatoms. The number of rotatable bonds is 4. The van der Waals surface area contributed by atoms with Gasteiger partial charge in [0.05, 0.1) is 6.26 Å². The Hall–Kier alpha value is -1.78. The summed E-state index contributed by atoms with van der Waals surface area (Å²) in [6.45, 7) is 3.26. The molecule has 0 radical (unpaired) electrons. The Labute approximate surface area is 131 Å². The van der Waals surface area contributed by atoms with E-state index in [1.165, 1.54) is 19.1 Å². The van der Waals surface area contributed by atoms with Crippen LogP contribution in [0.4, 0.5) is 0 Å². The Kier molecular flexibility index (Phi) is 4.23. The van der Waals surface area contributed by atoms with E-state index in [4.69, 9.17) is 4.42 Å². The van der Waals surface area contributed by atoms with Gasteiger partial charge in [0.2, 0.25) is 5.91 Å². The van der Waals surface area contributed by atoms with Gasteiger partial charge in [-0.2, -0.15) is 0 Å². The minimum atomic E-state index is -0.103. The maximum Gasteiger partial charge on any atom is 0.289 e. The summed E-state index contributed by atoms with van der Waals surface area (Å²) in [4.78, 5) is 28.3. The molecule has 1 saturated carbocycles. The third-order valence-electron chi connectivity index (χ3n) is 4.94. The van der Waals surface area contributed by atoms with E-state index in [2.05, 4.69) is 0 Å². The number of carbonyl (C=O) groups is 2. The summed E-state index contributed by atoms with van der Waals surface area (Å²) >= 11 is 0. The van der Waals surface area contributed by atoms with E-state index in [9.17, 15) is 9.59 Å². The van der Waals surface area contributed by atoms with E-state index in [-0.39, 0.29) is 17.7 Å². The average Bonchev–Trinajstić information content (AvgIpc) is 3.19. The van der Waals surface area contributed by atoms with Gasteiger partial charge in [0.1, 0.15) is 0 Å². The summed E-state index contributed by atoms with van der Waals surface area (Å²) in [7, 11) is 1.78. The summed E-state index contributed by atoms with van der Waals surface area (Å²) in [5.41, 5.74) is 0.854. The number of nitrogens with zero attached hydrogens (tertiary/aromatic N) is 2. The standard InChI is InChI=1S/C17H24N2O3/c1-12-7-8-22-16(12)17(21)18(2)10-13-9-15(20)19(11-13)14-5-3-4-6-14/h7-8,13-14H,3-6,9-11H2,1-2H3/t13-/m1/s1. The molecule has 1 saturated heterocycles. The lowest BCUT2D eigenvalue weighted by Gasteiger charge is -2.25. The highest BCUT2D eigenvalue weighted by atomic mass is 16.3. The molecule has 2 aliphatic rings. The molecule has 0 bridgehead atoms. The lowest BCUT2D eigenvalue weighted by Crippen LogP contribution is -2.36. The van der Waals surface area contributed by atoms with E-state index in [1.807, 2.05) is 11.8 Å². The van der Waals surface area contributed by atoms with Crippen molar-refractivity contribution >= 4 is 11.8 Å². The van der Waals surface area contributed by atoms with Gasteiger partial charge in [-0.3, -0.25) is 9.59 Å². The summed E-state index contributed by atoms with van der Waals surface area (Å²) in [5, 5.41) is 0. The van der Waals surface area contributed by atoms with Gasteiger partial charge in [-0.1, -0.05) is 12.8 Å². The first-order chi connectivity index (χ1) is 10.6.